The van der Waals surface area contributed by atoms with Crippen LogP contribution in [-0.2, 0) is 6.54 Å². The zero-order valence-corrected chi connectivity index (χ0v) is 18.0. The van der Waals surface area contributed by atoms with E-state index in [1.165, 1.54) is 18.4 Å². The molecule has 1 N–H and O–H groups in total. The van der Waals surface area contributed by atoms with E-state index >= 15 is 0 Å². The largest absolute Gasteiger partial charge is 0.377 e. The molecule has 1 aliphatic rings. The minimum Gasteiger partial charge on any atom is -0.377 e. The summed E-state index contributed by atoms with van der Waals surface area (Å²) in [7, 11) is 0. The van der Waals surface area contributed by atoms with E-state index in [1.807, 2.05) is 12.3 Å². The SMILES string of the molecule is CCCN(c1ncccc1NC(C)(C)C)C1CCN(Cc2ccccc2)CC1. The van der Waals surface area contributed by atoms with Crippen molar-refractivity contribution in [1.82, 2.24) is 9.88 Å². The van der Waals surface area contributed by atoms with Gasteiger partial charge in [0.25, 0.3) is 0 Å². The van der Waals surface area contributed by atoms with Gasteiger partial charge in [-0.3, -0.25) is 4.90 Å². The van der Waals surface area contributed by atoms with Crippen molar-refractivity contribution in [3.05, 3.63) is 54.2 Å². The van der Waals surface area contributed by atoms with Gasteiger partial charge in [-0.1, -0.05) is 37.3 Å². The number of aromatic nitrogens is 1. The van der Waals surface area contributed by atoms with Gasteiger partial charge in [0.1, 0.15) is 0 Å². The highest BCUT2D eigenvalue weighted by atomic mass is 15.3. The molecule has 0 amide bonds. The van der Waals surface area contributed by atoms with Gasteiger partial charge < -0.3 is 10.2 Å². The topological polar surface area (TPSA) is 31.4 Å². The summed E-state index contributed by atoms with van der Waals surface area (Å²) < 4.78 is 0. The molecule has 0 bridgehead atoms. The van der Waals surface area contributed by atoms with Crippen molar-refractivity contribution in [1.29, 1.82) is 0 Å². The number of hydrogen-bond acceptors (Lipinski definition) is 4. The number of benzene rings is 1. The van der Waals surface area contributed by atoms with Crippen molar-refractivity contribution in [2.45, 2.75) is 65.1 Å². The van der Waals surface area contributed by atoms with Crippen LogP contribution in [0.15, 0.2) is 48.7 Å². The predicted octanol–water partition coefficient (Wildman–Crippen LogP) is 5.17. The van der Waals surface area contributed by atoms with Crippen molar-refractivity contribution >= 4 is 11.5 Å². The van der Waals surface area contributed by atoms with E-state index < -0.39 is 0 Å². The van der Waals surface area contributed by atoms with E-state index in [9.17, 15) is 0 Å². The molecule has 0 aliphatic carbocycles. The lowest BCUT2D eigenvalue weighted by molar-refractivity contribution is 0.201. The molecule has 2 heterocycles. The summed E-state index contributed by atoms with van der Waals surface area (Å²) in [5, 5.41) is 3.65. The van der Waals surface area contributed by atoms with E-state index in [4.69, 9.17) is 4.98 Å². The molecule has 1 aromatic heterocycles. The molecule has 0 atom stereocenters. The molecule has 4 heteroatoms. The first kappa shape index (κ1) is 20.7. The molecular weight excluding hydrogens is 344 g/mol. The van der Waals surface area contributed by atoms with Crippen LogP contribution in [0.4, 0.5) is 11.5 Å². The normalized spacial score (nSPS) is 16.1. The number of nitrogens with one attached hydrogen (secondary N) is 1. The molecule has 0 spiro atoms. The fourth-order valence-corrected chi connectivity index (χ4v) is 4.06. The van der Waals surface area contributed by atoms with Gasteiger partial charge in [0.15, 0.2) is 5.82 Å². The van der Waals surface area contributed by atoms with Crippen molar-refractivity contribution in [3.63, 3.8) is 0 Å². The highest BCUT2D eigenvalue weighted by Gasteiger charge is 2.27. The molecule has 1 aliphatic heterocycles. The van der Waals surface area contributed by atoms with Gasteiger partial charge in [0, 0.05) is 44.0 Å². The molecule has 1 fully saturated rings. The van der Waals surface area contributed by atoms with Crippen molar-refractivity contribution in [2.24, 2.45) is 0 Å². The van der Waals surface area contributed by atoms with Gasteiger partial charge in [-0.25, -0.2) is 4.98 Å². The second-order valence-electron chi connectivity index (χ2n) is 8.94. The maximum atomic E-state index is 4.79. The van der Waals surface area contributed by atoms with Crippen LogP contribution in [0.2, 0.25) is 0 Å². The maximum absolute atomic E-state index is 4.79. The minimum absolute atomic E-state index is 0.0225. The van der Waals surface area contributed by atoms with Crippen LogP contribution in [0.5, 0.6) is 0 Å². The van der Waals surface area contributed by atoms with Crippen molar-refractivity contribution in [2.75, 3.05) is 29.9 Å². The Hall–Kier alpha value is -2.07. The molecule has 3 rings (SSSR count). The van der Waals surface area contributed by atoms with Crippen LogP contribution in [0.25, 0.3) is 0 Å². The van der Waals surface area contributed by atoms with Gasteiger partial charge in [0.05, 0.1) is 5.69 Å². The summed E-state index contributed by atoms with van der Waals surface area (Å²) in [4.78, 5) is 9.93. The van der Waals surface area contributed by atoms with Crippen LogP contribution >= 0.6 is 0 Å². The van der Waals surface area contributed by atoms with E-state index in [1.54, 1.807) is 0 Å². The number of rotatable bonds is 7. The lowest BCUT2D eigenvalue weighted by Gasteiger charge is -2.40. The standard InChI is InChI=1S/C24H36N4/c1-5-16-28(23-22(12-9-15-25-23)26-24(2,3)4)21-13-17-27(18-14-21)19-20-10-7-6-8-11-20/h6-12,15,21,26H,5,13-14,16-19H2,1-4H3. The highest BCUT2D eigenvalue weighted by molar-refractivity contribution is 5.66. The Balaban J connectivity index is 1.69. The first-order chi connectivity index (χ1) is 13.5. The molecule has 4 nitrogen and oxygen atoms in total. The van der Waals surface area contributed by atoms with Gasteiger partial charge in [0.2, 0.25) is 0 Å². The van der Waals surface area contributed by atoms with Crippen LogP contribution in [0.3, 0.4) is 0 Å². The average Bonchev–Trinajstić information content (AvgIpc) is 2.67. The molecule has 152 valence electrons. The molecule has 1 aromatic carbocycles. The predicted molar refractivity (Wildman–Crippen MR) is 120 cm³/mol. The van der Waals surface area contributed by atoms with Gasteiger partial charge >= 0.3 is 0 Å². The van der Waals surface area contributed by atoms with Crippen molar-refractivity contribution < 1.29 is 0 Å². The summed E-state index contributed by atoms with van der Waals surface area (Å²) >= 11 is 0. The van der Waals surface area contributed by atoms with E-state index in [0.717, 1.165) is 44.1 Å². The fraction of sp³-hybridized carbons (Fsp3) is 0.542. The highest BCUT2D eigenvalue weighted by Crippen LogP contribution is 2.30. The summed E-state index contributed by atoms with van der Waals surface area (Å²) in [6.07, 6.45) is 5.45. The van der Waals surface area contributed by atoms with Crippen LogP contribution in [-0.4, -0.2) is 41.1 Å². The molecule has 0 radical (unpaired) electrons. The first-order valence-electron chi connectivity index (χ1n) is 10.7. The Morgan fingerprint density at radius 3 is 2.43 bits per heavy atom. The molecule has 2 aromatic rings. The summed E-state index contributed by atoms with van der Waals surface area (Å²) in [6, 6.07) is 15.6. The Labute approximate surface area is 171 Å². The van der Waals surface area contributed by atoms with E-state index in [-0.39, 0.29) is 5.54 Å². The zero-order chi connectivity index (χ0) is 20.0. The van der Waals surface area contributed by atoms with E-state index in [2.05, 4.69) is 79.2 Å². The third-order valence-electron chi connectivity index (χ3n) is 5.28. The smallest absolute Gasteiger partial charge is 0.152 e. The Morgan fingerprint density at radius 2 is 1.79 bits per heavy atom. The summed E-state index contributed by atoms with van der Waals surface area (Å²) in [5.41, 5.74) is 2.58. The van der Waals surface area contributed by atoms with Crippen LogP contribution in [0.1, 0.15) is 52.5 Å². The Morgan fingerprint density at radius 1 is 1.07 bits per heavy atom. The molecule has 28 heavy (non-hydrogen) atoms. The number of hydrogen-bond donors (Lipinski definition) is 1. The Bertz CT molecular complexity index is 715. The number of nitrogens with zero attached hydrogens (tertiary/aromatic N) is 3. The van der Waals surface area contributed by atoms with Gasteiger partial charge in [-0.2, -0.15) is 0 Å². The minimum atomic E-state index is 0.0225. The summed E-state index contributed by atoms with van der Waals surface area (Å²) in [6.45, 7) is 13.3. The molecule has 0 unspecified atom stereocenters. The van der Waals surface area contributed by atoms with E-state index in [0.29, 0.717) is 6.04 Å². The maximum Gasteiger partial charge on any atom is 0.152 e. The number of piperidine rings is 1. The second kappa shape index (κ2) is 9.42. The first-order valence-corrected chi connectivity index (χ1v) is 10.7. The molecule has 1 saturated heterocycles. The molecular formula is C24H36N4. The number of pyridine rings is 1. The zero-order valence-electron chi connectivity index (χ0n) is 18.0. The van der Waals surface area contributed by atoms with Gasteiger partial charge in [-0.15, -0.1) is 0 Å². The lowest BCUT2D eigenvalue weighted by atomic mass is 10.0. The fourth-order valence-electron chi connectivity index (χ4n) is 4.06. The second-order valence-corrected chi connectivity index (χ2v) is 8.94. The summed E-state index contributed by atoms with van der Waals surface area (Å²) in [5.74, 6) is 1.11. The lowest BCUT2D eigenvalue weighted by Crippen LogP contribution is -2.45. The van der Waals surface area contributed by atoms with Gasteiger partial charge in [-0.05, 0) is 57.7 Å². The quantitative estimate of drug-likeness (QED) is 0.718. The Kier molecular flexibility index (Phi) is 6.95. The van der Waals surface area contributed by atoms with Crippen LogP contribution < -0.4 is 10.2 Å². The third-order valence-corrected chi connectivity index (χ3v) is 5.28. The van der Waals surface area contributed by atoms with Crippen LogP contribution in [0, 0.1) is 0 Å². The third kappa shape index (κ3) is 5.71. The number of anilines is 2. The monoisotopic (exact) mass is 380 g/mol. The molecule has 0 saturated carbocycles. The average molecular weight is 381 g/mol. The number of likely N-dealkylation sites (tertiary alicyclic amines) is 1. The van der Waals surface area contributed by atoms with Crippen molar-refractivity contribution in [3.8, 4) is 0 Å².